The molecule has 1 aromatic carbocycles. The molecule has 2 N–H and O–H groups in total. The SMILES string of the molecule is CN1CC[C@@](C)(c2ccc(N)cc2)C1. The summed E-state index contributed by atoms with van der Waals surface area (Å²) in [7, 11) is 2.18. The molecular weight excluding hydrogens is 172 g/mol. The molecule has 1 aliphatic heterocycles. The van der Waals surface area contributed by atoms with Crippen molar-refractivity contribution in [3.05, 3.63) is 29.8 Å². The third-order valence-electron chi connectivity index (χ3n) is 3.27. The number of likely N-dealkylation sites (tertiary alicyclic amines) is 1. The fourth-order valence-corrected chi connectivity index (χ4v) is 2.31. The van der Waals surface area contributed by atoms with Crippen molar-refractivity contribution in [1.29, 1.82) is 0 Å². The first-order chi connectivity index (χ1) is 6.60. The zero-order chi connectivity index (χ0) is 10.2. The number of hydrogen-bond acceptors (Lipinski definition) is 2. The number of nitrogens with zero attached hydrogens (tertiary/aromatic N) is 1. The van der Waals surface area contributed by atoms with Crippen molar-refractivity contribution in [2.45, 2.75) is 18.8 Å². The second-order valence-corrected chi connectivity index (χ2v) is 4.67. The molecule has 0 bridgehead atoms. The molecule has 1 saturated heterocycles. The maximum Gasteiger partial charge on any atom is 0.0314 e. The predicted octanol–water partition coefficient (Wildman–Crippen LogP) is 1.86. The van der Waals surface area contributed by atoms with Crippen LogP contribution >= 0.6 is 0 Å². The van der Waals surface area contributed by atoms with E-state index in [0.29, 0.717) is 5.41 Å². The number of likely N-dealkylation sites (N-methyl/N-ethyl adjacent to an activating group) is 1. The number of benzene rings is 1. The van der Waals surface area contributed by atoms with Gasteiger partial charge in [-0.3, -0.25) is 0 Å². The van der Waals surface area contributed by atoms with Gasteiger partial charge in [-0.05, 0) is 37.7 Å². The lowest BCUT2D eigenvalue weighted by molar-refractivity contribution is 0.381. The summed E-state index contributed by atoms with van der Waals surface area (Å²) in [6, 6.07) is 8.32. The molecular formula is C12H18N2. The van der Waals surface area contributed by atoms with E-state index in [9.17, 15) is 0 Å². The van der Waals surface area contributed by atoms with E-state index < -0.39 is 0 Å². The van der Waals surface area contributed by atoms with Crippen molar-refractivity contribution in [2.24, 2.45) is 0 Å². The van der Waals surface area contributed by atoms with Crippen LogP contribution in [0.5, 0.6) is 0 Å². The van der Waals surface area contributed by atoms with Gasteiger partial charge in [0.25, 0.3) is 0 Å². The lowest BCUT2D eigenvalue weighted by Crippen LogP contribution is -2.25. The monoisotopic (exact) mass is 190 g/mol. The summed E-state index contributed by atoms with van der Waals surface area (Å²) in [5, 5.41) is 0. The molecule has 1 heterocycles. The number of rotatable bonds is 1. The summed E-state index contributed by atoms with van der Waals surface area (Å²) < 4.78 is 0. The van der Waals surface area contributed by atoms with Crippen molar-refractivity contribution < 1.29 is 0 Å². The van der Waals surface area contributed by atoms with Crippen LogP contribution in [-0.2, 0) is 5.41 Å². The smallest absolute Gasteiger partial charge is 0.0314 e. The maximum atomic E-state index is 5.69. The molecule has 1 atom stereocenters. The molecule has 0 radical (unpaired) electrons. The largest absolute Gasteiger partial charge is 0.399 e. The van der Waals surface area contributed by atoms with Crippen molar-refractivity contribution in [2.75, 3.05) is 25.9 Å². The standard InChI is InChI=1S/C12H18N2/c1-12(7-8-14(2)9-12)10-3-5-11(13)6-4-10/h3-6H,7-9,13H2,1-2H3/t12-/m1/s1. The Labute approximate surface area is 85.7 Å². The van der Waals surface area contributed by atoms with E-state index in [2.05, 4.69) is 31.0 Å². The molecule has 1 aliphatic rings. The molecule has 1 aromatic rings. The van der Waals surface area contributed by atoms with Crippen molar-refractivity contribution >= 4 is 5.69 Å². The van der Waals surface area contributed by atoms with Gasteiger partial charge in [0.05, 0.1) is 0 Å². The van der Waals surface area contributed by atoms with Gasteiger partial charge in [-0.2, -0.15) is 0 Å². The molecule has 1 fully saturated rings. The van der Waals surface area contributed by atoms with E-state index in [1.807, 2.05) is 12.1 Å². The minimum atomic E-state index is 0.322. The predicted molar refractivity (Wildman–Crippen MR) is 60.3 cm³/mol. The summed E-state index contributed by atoms with van der Waals surface area (Å²) in [6.45, 7) is 4.68. The Hall–Kier alpha value is -1.02. The molecule has 0 saturated carbocycles. The van der Waals surface area contributed by atoms with Gasteiger partial charge in [-0.15, -0.1) is 0 Å². The molecule has 14 heavy (non-hydrogen) atoms. The van der Waals surface area contributed by atoms with Gasteiger partial charge in [0, 0.05) is 17.6 Å². The van der Waals surface area contributed by atoms with Crippen LogP contribution in [0.1, 0.15) is 18.9 Å². The van der Waals surface area contributed by atoms with Crippen LogP contribution < -0.4 is 5.73 Å². The molecule has 0 aliphatic carbocycles. The van der Waals surface area contributed by atoms with Crippen molar-refractivity contribution in [3.63, 3.8) is 0 Å². The van der Waals surface area contributed by atoms with Crippen LogP contribution in [0.4, 0.5) is 5.69 Å². The molecule has 0 aromatic heterocycles. The van der Waals surface area contributed by atoms with Crippen molar-refractivity contribution in [1.82, 2.24) is 4.90 Å². The Morgan fingerprint density at radius 3 is 2.43 bits per heavy atom. The quantitative estimate of drug-likeness (QED) is 0.685. The normalized spacial score (nSPS) is 28.1. The zero-order valence-electron chi connectivity index (χ0n) is 8.96. The average Bonchev–Trinajstić information content (AvgIpc) is 2.48. The van der Waals surface area contributed by atoms with E-state index in [4.69, 9.17) is 5.73 Å². The second kappa shape index (κ2) is 3.28. The lowest BCUT2D eigenvalue weighted by Gasteiger charge is -2.24. The van der Waals surface area contributed by atoms with E-state index >= 15 is 0 Å². The van der Waals surface area contributed by atoms with Crippen LogP contribution in [0.2, 0.25) is 0 Å². The van der Waals surface area contributed by atoms with Gasteiger partial charge in [-0.25, -0.2) is 0 Å². The average molecular weight is 190 g/mol. The second-order valence-electron chi connectivity index (χ2n) is 4.67. The molecule has 0 spiro atoms. The van der Waals surface area contributed by atoms with Crippen LogP contribution in [0.15, 0.2) is 24.3 Å². The van der Waals surface area contributed by atoms with E-state index in [-0.39, 0.29) is 0 Å². The first kappa shape index (κ1) is 9.53. The first-order valence-corrected chi connectivity index (χ1v) is 5.15. The summed E-state index contributed by atoms with van der Waals surface area (Å²) in [6.07, 6.45) is 1.24. The van der Waals surface area contributed by atoms with E-state index in [1.165, 1.54) is 18.5 Å². The highest BCUT2D eigenvalue weighted by Crippen LogP contribution is 2.33. The minimum absolute atomic E-state index is 0.322. The summed E-state index contributed by atoms with van der Waals surface area (Å²) in [5.74, 6) is 0. The van der Waals surface area contributed by atoms with Gasteiger partial charge in [0.2, 0.25) is 0 Å². The van der Waals surface area contributed by atoms with Gasteiger partial charge in [-0.1, -0.05) is 19.1 Å². The van der Waals surface area contributed by atoms with Gasteiger partial charge in [0.15, 0.2) is 0 Å². The van der Waals surface area contributed by atoms with Crippen LogP contribution in [0, 0.1) is 0 Å². The van der Waals surface area contributed by atoms with Gasteiger partial charge in [0.1, 0.15) is 0 Å². The highest BCUT2D eigenvalue weighted by Gasteiger charge is 2.33. The topological polar surface area (TPSA) is 29.3 Å². The maximum absolute atomic E-state index is 5.69. The Morgan fingerprint density at radius 1 is 1.29 bits per heavy atom. The Bertz CT molecular complexity index is 318. The molecule has 0 unspecified atom stereocenters. The lowest BCUT2D eigenvalue weighted by atomic mass is 9.82. The van der Waals surface area contributed by atoms with Gasteiger partial charge >= 0.3 is 0 Å². The fourth-order valence-electron chi connectivity index (χ4n) is 2.31. The van der Waals surface area contributed by atoms with Gasteiger partial charge < -0.3 is 10.6 Å². The van der Waals surface area contributed by atoms with E-state index in [1.54, 1.807) is 0 Å². The van der Waals surface area contributed by atoms with Crippen LogP contribution in [-0.4, -0.2) is 25.0 Å². The summed E-state index contributed by atoms with van der Waals surface area (Å²) >= 11 is 0. The minimum Gasteiger partial charge on any atom is -0.399 e. The molecule has 76 valence electrons. The Balaban J connectivity index is 2.26. The third-order valence-corrected chi connectivity index (χ3v) is 3.27. The summed E-state index contributed by atoms with van der Waals surface area (Å²) in [5.41, 5.74) is 8.27. The van der Waals surface area contributed by atoms with Crippen LogP contribution in [0.3, 0.4) is 0 Å². The Morgan fingerprint density at radius 2 is 1.93 bits per heavy atom. The van der Waals surface area contributed by atoms with Crippen LogP contribution in [0.25, 0.3) is 0 Å². The molecule has 2 heteroatoms. The van der Waals surface area contributed by atoms with E-state index in [0.717, 1.165) is 12.2 Å². The molecule has 2 nitrogen and oxygen atoms in total. The molecule has 2 rings (SSSR count). The number of nitrogen functional groups attached to an aromatic ring is 1. The summed E-state index contributed by atoms with van der Waals surface area (Å²) in [4.78, 5) is 2.39. The first-order valence-electron chi connectivity index (χ1n) is 5.15. The number of anilines is 1. The van der Waals surface area contributed by atoms with Crippen molar-refractivity contribution in [3.8, 4) is 0 Å². The Kier molecular flexibility index (Phi) is 2.23. The number of hydrogen-bond donors (Lipinski definition) is 1. The third kappa shape index (κ3) is 1.62. The fraction of sp³-hybridized carbons (Fsp3) is 0.500. The zero-order valence-corrected chi connectivity index (χ0v) is 8.96. The molecule has 0 amide bonds. The highest BCUT2D eigenvalue weighted by molar-refractivity contribution is 5.41. The number of nitrogens with two attached hydrogens (primary N) is 1. The highest BCUT2D eigenvalue weighted by atomic mass is 15.1.